The van der Waals surface area contributed by atoms with E-state index in [1.54, 1.807) is 0 Å². The highest BCUT2D eigenvalue weighted by molar-refractivity contribution is 8.00. The summed E-state index contributed by atoms with van der Waals surface area (Å²) in [5.74, 6) is 0.715. The Morgan fingerprint density at radius 2 is 1.69 bits per heavy atom. The minimum Gasteiger partial charge on any atom is -0.325 e. The monoisotopic (exact) mass is 462 g/mol. The van der Waals surface area contributed by atoms with Crippen LogP contribution in [0, 0.1) is 6.92 Å². The number of rotatable bonds is 7. The van der Waals surface area contributed by atoms with Crippen molar-refractivity contribution in [3.63, 3.8) is 0 Å². The highest BCUT2D eigenvalue weighted by atomic mass is 35.5. The summed E-state index contributed by atoms with van der Waals surface area (Å²) in [6, 6.07) is 25.4. The Kier molecular flexibility index (Phi) is 6.93. The summed E-state index contributed by atoms with van der Waals surface area (Å²) in [5, 5.41) is 12.8. The Balaban J connectivity index is 1.60. The molecule has 1 heterocycles. The molecule has 4 rings (SSSR count). The molecule has 0 aliphatic heterocycles. The second-order valence-corrected chi connectivity index (χ2v) is 9.18. The molecule has 1 N–H and O–H groups in total. The third-order valence-electron chi connectivity index (χ3n) is 5.04. The van der Waals surface area contributed by atoms with Crippen molar-refractivity contribution in [1.82, 2.24) is 14.8 Å². The van der Waals surface area contributed by atoms with Gasteiger partial charge in [-0.05, 0) is 55.3 Å². The van der Waals surface area contributed by atoms with E-state index in [1.807, 2.05) is 85.1 Å². The maximum Gasteiger partial charge on any atom is 0.237 e. The Bertz CT molecular complexity index is 1210. The molecule has 0 saturated heterocycles. The molecule has 32 heavy (non-hydrogen) atoms. The third kappa shape index (κ3) is 5.21. The van der Waals surface area contributed by atoms with E-state index in [9.17, 15) is 4.79 Å². The highest BCUT2D eigenvalue weighted by Gasteiger charge is 2.21. The van der Waals surface area contributed by atoms with E-state index in [2.05, 4.69) is 27.6 Å². The average Bonchev–Trinajstić information content (AvgIpc) is 3.18. The molecule has 0 aliphatic rings. The molecule has 4 aromatic rings. The van der Waals surface area contributed by atoms with Gasteiger partial charge in [0.15, 0.2) is 5.16 Å². The van der Waals surface area contributed by atoms with Crippen molar-refractivity contribution in [2.24, 2.45) is 0 Å². The summed E-state index contributed by atoms with van der Waals surface area (Å²) < 4.78 is 1.99. The van der Waals surface area contributed by atoms with Crippen molar-refractivity contribution < 1.29 is 4.79 Å². The molecule has 0 radical (unpaired) electrons. The number of amides is 1. The number of nitrogens with one attached hydrogen (secondary N) is 1. The zero-order valence-corrected chi connectivity index (χ0v) is 19.4. The maximum absolute atomic E-state index is 12.9. The lowest BCUT2D eigenvalue weighted by atomic mass is 10.1. The molecule has 0 saturated carbocycles. The second kappa shape index (κ2) is 10.0. The SMILES string of the molecule is Cc1ccccc1NC(=O)C(C)Sc1nnc(Cc2ccccc2)n1-c1ccc(Cl)cc1. The minimum absolute atomic E-state index is 0.0837. The van der Waals surface area contributed by atoms with Crippen molar-refractivity contribution in [3.8, 4) is 5.69 Å². The smallest absolute Gasteiger partial charge is 0.237 e. The molecule has 0 aliphatic carbocycles. The Hall–Kier alpha value is -3.09. The van der Waals surface area contributed by atoms with Crippen LogP contribution in [0.2, 0.25) is 5.02 Å². The normalized spacial score (nSPS) is 11.8. The quantitative estimate of drug-likeness (QED) is 0.345. The number of carbonyl (C=O) groups is 1. The van der Waals surface area contributed by atoms with Crippen LogP contribution >= 0.6 is 23.4 Å². The van der Waals surface area contributed by atoms with E-state index in [0.717, 1.165) is 28.3 Å². The third-order valence-corrected chi connectivity index (χ3v) is 6.34. The fourth-order valence-electron chi connectivity index (χ4n) is 3.28. The molecule has 5 nitrogen and oxygen atoms in total. The van der Waals surface area contributed by atoms with Gasteiger partial charge in [0.2, 0.25) is 5.91 Å². The molecule has 0 fully saturated rings. The lowest BCUT2D eigenvalue weighted by Gasteiger charge is -2.15. The Morgan fingerprint density at radius 3 is 2.41 bits per heavy atom. The van der Waals surface area contributed by atoms with Crippen LogP contribution in [0.4, 0.5) is 5.69 Å². The number of carbonyl (C=O) groups excluding carboxylic acids is 1. The van der Waals surface area contributed by atoms with Gasteiger partial charge in [-0.1, -0.05) is 71.9 Å². The predicted octanol–water partition coefficient (Wildman–Crippen LogP) is 5.94. The first-order chi connectivity index (χ1) is 15.5. The number of nitrogens with zero attached hydrogens (tertiary/aromatic N) is 3. The van der Waals surface area contributed by atoms with E-state index in [4.69, 9.17) is 11.6 Å². The topological polar surface area (TPSA) is 59.8 Å². The van der Waals surface area contributed by atoms with Crippen molar-refractivity contribution in [2.45, 2.75) is 30.7 Å². The van der Waals surface area contributed by atoms with Gasteiger partial charge in [0.05, 0.1) is 5.25 Å². The van der Waals surface area contributed by atoms with Gasteiger partial charge in [-0.2, -0.15) is 0 Å². The van der Waals surface area contributed by atoms with Crippen LogP contribution < -0.4 is 5.32 Å². The van der Waals surface area contributed by atoms with Crippen molar-refractivity contribution in [3.05, 3.63) is 101 Å². The van der Waals surface area contributed by atoms with Gasteiger partial charge < -0.3 is 5.32 Å². The number of thioether (sulfide) groups is 1. The van der Waals surface area contributed by atoms with E-state index < -0.39 is 0 Å². The Labute approximate surface area is 196 Å². The first kappa shape index (κ1) is 22.1. The van der Waals surface area contributed by atoms with Gasteiger partial charge in [-0.15, -0.1) is 10.2 Å². The molecule has 0 bridgehead atoms. The molecule has 0 spiro atoms. The fourth-order valence-corrected chi connectivity index (χ4v) is 4.29. The number of anilines is 1. The first-order valence-corrected chi connectivity index (χ1v) is 11.5. The van der Waals surface area contributed by atoms with Gasteiger partial charge >= 0.3 is 0 Å². The van der Waals surface area contributed by atoms with Crippen molar-refractivity contribution in [1.29, 1.82) is 0 Å². The fraction of sp³-hybridized carbons (Fsp3) is 0.160. The number of para-hydroxylation sites is 1. The standard InChI is InChI=1S/C25H23ClN4OS/c1-17-8-6-7-11-22(17)27-24(31)18(2)32-25-29-28-23(16-19-9-4-3-5-10-19)30(25)21-14-12-20(26)13-15-21/h3-15,18H,16H2,1-2H3,(H,27,31). The molecular formula is C25H23ClN4OS. The van der Waals surface area contributed by atoms with Crippen molar-refractivity contribution >= 4 is 35.0 Å². The zero-order valence-electron chi connectivity index (χ0n) is 17.8. The van der Waals surface area contributed by atoms with E-state index in [1.165, 1.54) is 11.8 Å². The first-order valence-electron chi connectivity index (χ1n) is 10.3. The second-order valence-electron chi connectivity index (χ2n) is 7.44. The molecule has 162 valence electrons. The van der Waals surface area contributed by atoms with Crippen molar-refractivity contribution in [2.75, 3.05) is 5.32 Å². The summed E-state index contributed by atoms with van der Waals surface area (Å²) in [7, 11) is 0. The molecular weight excluding hydrogens is 440 g/mol. The number of aryl methyl sites for hydroxylation is 1. The van der Waals surface area contributed by atoms with Gasteiger partial charge in [0.25, 0.3) is 0 Å². The summed E-state index contributed by atoms with van der Waals surface area (Å²) in [6.45, 7) is 3.84. The van der Waals surface area contributed by atoms with Crippen LogP contribution in [0.5, 0.6) is 0 Å². The summed E-state index contributed by atoms with van der Waals surface area (Å²) in [6.07, 6.45) is 0.626. The molecule has 7 heteroatoms. The number of hydrogen-bond donors (Lipinski definition) is 1. The van der Waals surface area contributed by atoms with Gasteiger partial charge in [0, 0.05) is 22.8 Å². The van der Waals surface area contributed by atoms with E-state index >= 15 is 0 Å². The minimum atomic E-state index is -0.366. The summed E-state index contributed by atoms with van der Waals surface area (Å²) in [5.41, 5.74) is 3.87. The number of hydrogen-bond acceptors (Lipinski definition) is 4. The van der Waals surface area contributed by atoms with Crippen LogP contribution in [0.15, 0.2) is 84.0 Å². The summed E-state index contributed by atoms with van der Waals surface area (Å²) in [4.78, 5) is 12.9. The lowest BCUT2D eigenvalue weighted by Crippen LogP contribution is -2.23. The predicted molar refractivity (Wildman–Crippen MR) is 131 cm³/mol. The van der Waals surface area contributed by atoms with Crippen LogP contribution in [-0.2, 0) is 11.2 Å². The number of aromatic nitrogens is 3. The Morgan fingerprint density at radius 1 is 1.00 bits per heavy atom. The van der Waals surface area contributed by atoms with E-state index in [0.29, 0.717) is 16.6 Å². The maximum atomic E-state index is 12.9. The van der Waals surface area contributed by atoms with Gasteiger partial charge in [0.1, 0.15) is 5.82 Å². The molecule has 1 aromatic heterocycles. The largest absolute Gasteiger partial charge is 0.325 e. The highest BCUT2D eigenvalue weighted by Crippen LogP contribution is 2.28. The average molecular weight is 463 g/mol. The van der Waals surface area contributed by atoms with Gasteiger partial charge in [-0.3, -0.25) is 9.36 Å². The molecule has 1 atom stereocenters. The van der Waals surface area contributed by atoms with Crippen LogP contribution in [0.25, 0.3) is 5.69 Å². The molecule has 3 aromatic carbocycles. The number of halogens is 1. The summed E-state index contributed by atoms with van der Waals surface area (Å²) >= 11 is 7.48. The molecule has 1 unspecified atom stereocenters. The van der Waals surface area contributed by atoms with Crippen LogP contribution in [-0.4, -0.2) is 25.9 Å². The zero-order chi connectivity index (χ0) is 22.5. The number of benzene rings is 3. The van der Waals surface area contributed by atoms with E-state index in [-0.39, 0.29) is 11.2 Å². The lowest BCUT2D eigenvalue weighted by molar-refractivity contribution is -0.115. The van der Waals surface area contributed by atoms with Crippen LogP contribution in [0.3, 0.4) is 0 Å². The van der Waals surface area contributed by atoms with Crippen LogP contribution in [0.1, 0.15) is 23.9 Å². The molecule has 1 amide bonds. The van der Waals surface area contributed by atoms with Gasteiger partial charge in [-0.25, -0.2) is 0 Å².